The van der Waals surface area contributed by atoms with Crippen LogP contribution in [0.3, 0.4) is 0 Å². The van der Waals surface area contributed by atoms with E-state index in [0.717, 1.165) is 11.6 Å². The normalized spacial score (nSPS) is 21.1. The minimum Gasteiger partial charge on any atom is -0.347 e. The summed E-state index contributed by atoms with van der Waals surface area (Å²) in [5, 5.41) is 0. The second-order valence-corrected chi connectivity index (χ2v) is 5.17. The number of nitrogens with zero attached hydrogens (tertiary/aromatic N) is 4. The van der Waals surface area contributed by atoms with Gasteiger partial charge >= 0.3 is 0 Å². The predicted molar refractivity (Wildman–Crippen MR) is 70.2 cm³/mol. The van der Waals surface area contributed by atoms with E-state index in [9.17, 15) is 0 Å². The molecule has 0 saturated carbocycles. The Hall–Kier alpha value is -1.16. The fourth-order valence-electron chi connectivity index (χ4n) is 2.49. The molecule has 1 aliphatic rings. The third-order valence-electron chi connectivity index (χ3n) is 3.36. The minimum atomic E-state index is 0.469. The largest absolute Gasteiger partial charge is 0.347 e. The van der Waals surface area contributed by atoms with Crippen molar-refractivity contribution in [2.24, 2.45) is 0 Å². The Morgan fingerprint density at radius 2 is 2.18 bits per heavy atom. The van der Waals surface area contributed by atoms with Crippen LogP contribution in [0.15, 0.2) is 12.3 Å². The SMILES string of the molecule is CC(C)N1CCCC1c1ccnc(N(C)C)n1. The molecule has 0 radical (unpaired) electrons. The summed E-state index contributed by atoms with van der Waals surface area (Å²) in [4.78, 5) is 13.4. The first kappa shape index (κ1) is 12.3. The quantitative estimate of drug-likeness (QED) is 0.801. The van der Waals surface area contributed by atoms with Crippen molar-refractivity contribution in [3.63, 3.8) is 0 Å². The summed E-state index contributed by atoms with van der Waals surface area (Å²) in [5.74, 6) is 0.804. The van der Waals surface area contributed by atoms with Gasteiger partial charge in [0.2, 0.25) is 5.95 Å². The number of hydrogen-bond acceptors (Lipinski definition) is 4. The van der Waals surface area contributed by atoms with Crippen molar-refractivity contribution in [2.75, 3.05) is 25.5 Å². The van der Waals surface area contributed by atoms with Gasteiger partial charge in [0.25, 0.3) is 0 Å². The van der Waals surface area contributed by atoms with Crippen LogP contribution in [0, 0.1) is 0 Å². The molecule has 1 aromatic rings. The highest BCUT2D eigenvalue weighted by atomic mass is 15.2. The molecule has 0 aliphatic carbocycles. The molecule has 2 heterocycles. The molecule has 17 heavy (non-hydrogen) atoms. The Morgan fingerprint density at radius 1 is 1.41 bits per heavy atom. The highest BCUT2D eigenvalue weighted by Crippen LogP contribution is 2.32. The molecule has 1 aromatic heterocycles. The van der Waals surface area contributed by atoms with Crippen molar-refractivity contribution < 1.29 is 0 Å². The molecule has 94 valence electrons. The number of likely N-dealkylation sites (tertiary alicyclic amines) is 1. The predicted octanol–water partition coefficient (Wildman–Crippen LogP) is 2.09. The van der Waals surface area contributed by atoms with Crippen LogP contribution in [0.5, 0.6) is 0 Å². The Balaban J connectivity index is 2.24. The van der Waals surface area contributed by atoms with Crippen molar-refractivity contribution in [1.29, 1.82) is 0 Å². The highest BCUT2D eigenvalue weighted by molar-refractivity contribution is 5.28. The molecule has 1 saturated heterocycles. The maximum atomic E-state index is 4.66. The van der Waals surface area contributed by atoms with E-state index in [1.165, 1.54) is 19.4 Å². The van der Waals surface area contributed by atoms with E-state index in [2.05, 4.69) is 34.8 Å². The lowest BCUT2D eigenvalue weighted by Crippen LogP contribution is -2.31. The molecule has 4 nitrogen and oxygen atoms in total. The lowest BCUT2D eigenvalue weighted by Gasteiger charge is -2.28. The van der Waals surface area contributed by atoms with Crippen LogP contribution in [0.1, 0.15) is 38.4 Å². The molecule has 0 N–H and O–H groups in total. The second kappa shape index (κ2) is 5.00. The summed E-state index contributed by atoms with van der Waals surface area (Å²) in [6.07, 6.45) is 4.35. The summed E-state index contributed by atoms with van der Waals surface area (Å²) >= 11 is 0. The summed E-state index contributed by atoms with van der Waals surface area (Å²) in [6, 6.07) is 3.11. The van der Waals surface area contributed by atoms with E-state index in [4.69, 9.17) is 0 Å². The molecular formula is C13H22N4. The van der Waals surface area contributed by atoms with Gasteiger partial charge < -0.3 is 4.90 Å². The maximum absolute atomic E-state index is 4.66. The van der Waals surface area contributed by atoms with E-state index < -0.39 is 0 Å². The van der Waals surface area contributed by atoms with Gasteiger partial charge in [0.1, 0.15) is 0 Å². The van der Waals surface area contributed by atoms with Crippen molar-refractivity contribution in [3.8, 4) is 0 Å². The molecular weight excluding hydrogens is 212 g/mol. The van der Waals surface area contributed by atoms with Crippen LogP contribution in [-0.2, 0) is 0 Å². The van der Waals surface area contributed by atoms with Gasteiger partial charge in [0, 0.05) is 26.3 Å². The molecule has 1 unspecified atom stereocenters. The van der Waals surface area contributed by atoms with Crippen LogP contribution >= 0.6 is 0 Å². The van der Waals surface area contributed by atoms with Crippen LogP contribution in [-0.4, -0.2) is 41.5 Å². The third kappa shape index (κ3) is 2.57. The zero-order chi connectivity index (χ0) is 12.4. The molecule has 0 amide bonds. The Bertz CT molecular complexity index is 375. The maximum Gasteiger partial charge on any atom is 0.225 e. The summed E-state index contributed by atoms with van der Waals surface area (Å²) in [7, 11) is 3.96. The van der Waals surface area contributed by atoms with E-state index in [1.807, 2.05) is 25.2 Å². The van der Waals surface area contributed by atoms with Gasteiger partial charge in [-0.2, -0.15) is 0 Å². The van der Waals surface area contributed by atoms with E-state index in [0.29, 0.717) is 12.1 Å². The van der Waals surface area contributed by atoms with Gasteiger partial charge in [0.05, 0.1) is 11.7 Å². The van der Waals surface area contributed by atoms with Gasteiger partial charge in [0.15, 0.2) is 0 Å². The van der Waals surface area contributed by atoms with Gasteiger partial charge in [-0.15, -0.1) is 0 Å². The number of aromatic nitrogens is 2. The Morgan fingerprint density at radius 3 is 2.82 bits per heavy atom. The summed E-state index contributed by atoms with van der Waals surface area (Å²) < 4.78 is 0. The monoisotopic (exact) mass is 234 g/mol. The van der Waals surface area contributed by atoms with Gasteiger partial charge in [-0.05, 0) is 39.3 Å². The van der Waals surface area contributed by atoms with Crippen LogP contribution < -0.4 is 4.90 Å². The number of rotatable bonds is 3. The first-order valence-corrected chi connectivity index (χ1v) is 6.35. The molecule has 0 spiro atoms. The van der Waals surface area contributed by atoms with E-state index in [1.54, 1.807) is 0 Å². The molecule has 0 bridgehead atoms. The topological polar surface area (TPSA) is 32.3 Å². The van der Waals surface area contributed by atoms with Crippen molar-refractivity contribution in [1.82, 2.24) is 14.9 Å². The summed E-state index contributed by atoms with van der Waals surface area (Å²) in [5.41, 5.74) is 1.16. The molecule has 4 heteroatoms. The van der Waals surface area contributed by atoms with Crippen LogP contribution in [0.25, 0.3) is 0 Å². The second-order valence-electron chi connectivity index (χ2n) is 5.17. The molecule has 2 rings (SSSR count). The van der Waals surface area contributed by atoms with E-state index in [-0.39, 0.29) is 0 Å². The van der Waals surface area contributed by atoms with Crippen LogP contribution in [0.2, 0.25) is 0 Å². The fourth-order valence-corrected chi connectivity index (χ4v) is 2.49. The standard InChI is InChI=1S/C13H22N4/c1-10(2)17-9-5-6-12(17)11-7-8-14-13(15-11)16(3)4/h7-8,10,12H,5-6,9H2,1-4H3. The van der Waals surface area contributed by atoms with Crippen molar-refractivity contribution in [2.45, 2.75) is 38.8 Å². The van der Waals surface area contributed by atoms with Crippen LogP contribution in [0.4, 0.5) is 5.95 Å². The number of anilines is 1. The first-order valence-electron chi connectivity index (χ1n) is 6.35. The van der Waals surface area contributed by atoms with Gasteiger partial charge in [-0.3, -0.25) is 4.90 Å². The summed E-state index contributed by atoms with van der Waals surface area (Å²) in [6.45, 7) is 5.70. The fraction of sp³-hybridized carbons (Fsp3) is 0.692. The van der Waals surface area contributed by atoms with Gasteiger partial charge in [-0.1, -0.05) is 0 Å². The molecule has 0 aromatic carbocycles. The Kier molecular flexibility index (Phi) is 3.62. The van der Waals surface area contributed by atoms with Gasteiger partial charge in [-0.25, -0.2) is 9.97 Å². The first-order chi connectivity index (χ1) is 8.09. The number of hydrogen-bond donors (Lipinski definition) is 0. The Labute approximate surface area is 104 Å². The molecule has 1 aliphatic heterocycles. The van der Waals surface area contributed by atoms with Crippen molar-refractivity contribution >= 4 is 5.95 Å². The van der Waals surface area contributed by atoms with E-state index >= 15 is 0 Å². The lowest BCUT2D eigenvalue weighted by molar-refractivity contribution is 0.202. The zero-order valence-electron chi connectivity index (χ0n) is 11.2. The smallest absolute Gasteiger partial charge is 0.225 e. The molecule has 1 atom stereocenters. The van der Waals surface area contributed by atoms with Crippen molar-refractivity contribution in [3.05, 3.63) is 18.0 Å². The minimum absolute atomic E-state index is 0.469. The molecule has 1 fully saturated rings. The average Bonchev–Trinajstić information content (AvgIpc) is 2.78. The third-order valence-corrected chi connectivity index (χ3v) is 3.36. The lowest BCUT2D eigenvalue weighted by atomic mass is 10.1. The highest BCUT2D eigenvalue weighted by Gasteiger charge is 2.29. The average molecular weight is 234 g/mol. The zero-order valence-corrected chi connectivity index (χ0v) is 11.2.